The van der Waals surface area contributed by atoms with Crippen LogP contribution in [-0.2, 0) is 4.79 Å². The Morgan fingerprint density at radius 2 is 2.00 bits per heavy atom. The normalized spacial score (nSPS) is 13.0. The second-order valence-electron chi connectivity index (χ2n) is 4.50. The van der Waals surface area contributed by atoms with E-state index < -0.39 is 35.2 Å². The predicted molar refractivity (Wildman–Crippen MR) is 76.5 cm³/mol. The molecule has 2 atom stereocenters. The van der Waals surface area contributed by atoms with Crippen LogP contribution in [0.5, 0.6) is 0 Å². The van der Waals surface area contributed by atoms with Gasteiger partial charge in [0.2, 0.25) is 0 Å². The second-order valence-corrected chi connectivity index (χ2v) is 4.50. The van der Waals surface area contributed by atoms with E-state index in [0.717, 1.165) is 6.07 Å². The SMILES string of the molecule is CC(CC(NC(=O)c1cc(=O)[nH]c(=O)[nH]1)C(=O)O)N=C(N)N. The van der Waals surface area contributed by atoms with Crippen molar-refractivity contribution >= 4 is 17.8 Å². The standard InChI is InChI=1S/C11H16N6O5/c1-4(14-10(12)13)2-6(9(20)21)15-8(19)5-3-7(18)17-11(22)16-5/h3-4,6H,2H2,1H3,(H,15,19)(H,20,21)(H4,12,13,14)(H2,16,17,18,22). The Morgan fingerprint density at radius 1 is 1.36 bits per heavy atom. The Bertz CT molecular complexity index is 673. The molecule has 0 aromatic carbocycles. The Kier molecular flexibility index (Phi) is 5.44. The molecular formula is C11H16N6O5. The molecule has 22 heavy (non-hydrogen) atoms. The minimum atomic E-state index is -1.31. The molecule has 0 fully saturated rings. The van der Waals surface area contributed by atoms with Gasteiger partial charge in [-0.3, -0.25) is 19.6 Å². The van der Waals surface area contributed by atoms with Gasteiger partial charge in [-0.05, 0) is 6.92 Å². The molecule has 11 nitrogen and oxygen atoms in total. The second kappa shape index (κ2) is 7.06. The van der Waals surface area contributed by atoms with Gasteiger partial charge < -0.3 is 26.9 Å². The molecule has 1 aromatic rings. The van der Waals surface area contributed by atoms with Gasteiger partial charge in [-0.25, -0.2) is 9.59 Å². The highest BCUT2D eigenvalue weighted by atomic mass is 16.4. The van der Waals surface area contributed by atoms with Crippen molar-refractivity contribution in [1.29, 1.82) is 0 Å². The molecule has 0 saturated heterocycles. The molecule has 1 heterocycles. The summed E-state index contributed by atoms with van der Waals surface area (Å²) in [5.74, 6) is -2.42. The summed E-state index contributed by atoms with van der Waals surface area (Å²) in [6, 6.07) is -1.01. The van der Waals surface area contributed by atoms with Crippen LogP contribution in [0, 0.1) is 0 Å². The first-order chi connectivity index (χ1) is 10.2. The molecule has 1 rings (SSSR count). The number of H-pyrrole nitrogens is 2. The number of rotatable bonds is 6. The Balaban J connectivity index is 2.89. The van der Waals surface area contributed by atoms with Crippen molar-refractivity contribution in [1.82, 2.24) is 15.3 Å². The van der Waals surface area contributed by atoms with Crippen molar-refractivity contribution in [3.05, 3.63) is 32.6 Å². The van der Waals surface area contributed by atoms with Crippen molar-refractivity contribution in [3.63, 3.8) is 0 Å². The topological polar surface area (TPSA) is 197 Å². The van der Waals surface area contributed by atoms with Crippen LogP contribution in [0.4, 0.5) is 0 Å². The Morgan fingerprint density at radius 3 is 2.50 bits per heavy atom. The maximum atomic E-state index is 11.9. The number of carbonyl (C=O) groups is 2. The van der Waals surface area contributed by atoms with E-state index in [2.05, 4.69) is 15.3 Å². The summed E-state index contributed by atoms with van der Waals surface area (Å²) in [5, 5.41) is 11.3. The van der Waals surface area contributed by atoms with E-state index in [9.17, 15) is 19.2 Å². The number of nitrogens with two attached hydrogens (primary N) is 2. The monoisotopic (exact) mass is 312 g/mol. The fourth-order valence-electron chi connectivity index (χ4n) is 1.70. The molecule has 0 radical (unpaired) electrons. The highest BCUT2D eigenvalue weighted by molar-refractivity contribution is 5.94. The van der Waals surface area contributed by atoms with Crippen molar-refractivity contribution in [2.45, 2.75) is 25.4 Å². The number of aromatic amines is 2. The number of aromatic nitrogens is 2. The van der Waals surface area contributed by atoms with Crippen LogP contribution >= 0.6 is 0 Å². The summed E-state index contributed by atoms with van der Waals surface area (Å²) in [5.41, 5.74) is 8.36. The van der Waals surface area contributed by atoms with E-state index in [1.807, 2.05) is 4.98 Å². The third kappa shape index (κ3) is 5.11. The van der Waals surface area contributed by atoms with Crippen LogP contribution in [-0.4, -0.2) is 45.0 Å². The summed E-state index contributed by atoms with van der Waals surface area (Å²) in [6.07, 6.45) is -0.0770. The molecule has 0 aliphatic rings. The van der Waals surface area contributed by atoms with Crippen molar-refractivity contribution in [2.75, 3.05) is 0 Å². The summed E-state index contributed by atoms with van der Waals surface area (Å²) in [6.45, 7) is 1.57. The highest BCUT2D eigenvalue weighted by Gasteiger charge is 2.23. The van der Waals surface area contributed by atoms with Gasteiger partial charge in [0.1, 0.15) is 11.7 Å². The molecule has 2 unspecified atom stereocenters. The van der Waals surface area contributed by atoms with Gasteiger partial charge in [0, 0.05) is 12.5 Å². The Hall–Kier alpha value is -3.11. The molecule has 0 spiro atoms. The van der Waals surface area contributed by atoms with Gasteiger partial charge in [0.25, 0.3) is 11.5 Å². The first-order valence-electron chi connectivity index (χ1n) is 6.15. The van der Waals surface area contributed by atoms with E-state index in [1.54, 1.807) is 6.92 Å². The lowest BCUT2D eigenvalue weighted by Crippen LogP contribution is -2.44. The molecule has 8 N–H and O–H groups in total. The number of carbonyl (C=O) groups excluding carboxylic acids is 1. The lowest BCUT2D eigenvalue weighted by atomic mass is 10.1. The van der Waals surface area contributed by atoms with Gasteiger partial charge >= 0.3 is 11.7 Å². The van der Waals surface area contributed by atoms with Gasteiger partial charge in [-0.1, -0.05) is 0 Å². The summed E-state index contributed by atoms with van der Waals surface area (Å²) >= 11 is 0. The molecule has 120 valence electrons. The van der Waals surface area contributed by atoms with E-state index in [0.29, 0.717) is 0 Å². The maximum absolute atomic E-state index is 11.9. The zero-order chi connectivity index (χ0) is 16.9. The van der Waals surface area contributed by atoms with E-state index in [4.69, 9.17) is 16.6 Å². The molecule has 0 aliphatic carbocycles. The number of amides is 1. The zero-order valence-electron chi connectivity index (χ0n) is 11.6. The third-order valence-corrected chi connectivity index (χ3v) is 2.55. The van der Waals surface area contributed by atoms with E-state index >= 15 is 0 Å². The maximum Gasteiger partial charge on any atom is 0.326 e. The van der Waals surface area contributed by atoms with Gasteiger partial charge in [-0.2, -0.15) is 0 Å². The number of carboxylic acids is 1. The van der Waals surface area contributed by atoms with Crippen molar-refractivity contribution in [2.24, 2.45) is 16.5 Å². The van der Waals surface area contributed by atoms with E-state index in [1.165, 1.54) is 0 Å². The van der Waals surface area contributed by atoms with Gasteiger partial charge in [0.15, 0.2) is 5.96 Å². The fraction of sp³-hybridized carbons (Fsp3) is 0.364. The number of aliphatic carboxylic acids is 1. The summed E-state index contributed by atoms with van der Waals surface area (Å²) in [7, 11) is 0. The molecule has 0 aliphatic heterocycles. The number of hydrogen-bond acceptors (Lipinski definition) is 5. The van der Waals surface area contributed by atoms with Crippen molar-refractivity contribution in [3.8, 4) is 0 Å². The molecule has 0 bridgehead atoms. The Labute approximate surface area is 123 Å². The van der Waals surface area contributed by atoms with Crippen LogP contribution in [0.15, 0.2) is 20.6 Å². The number of carboxylic acid groups (broad SMARTS) is 1. The van der Waals surface area contributed by atoms with Crippen LogP contribution < -0.4 is 28.0 Å². The van der Waals surface area contributed by atoms with Gasteiger partial charge in [-0.15, -0.1) is 0 Å². The smallest absolute Gasteiger partial charge is 0.326 e. The van der Waals surface area contributed by atoms with Crippen LogP contribution in [0.25, 0.3) is 0 Å². The largest absolute Gasteiger partial charge is 0.480 e. The molecule has 11 heteroatoms. The first-order valence-corrected chi connectivity index (χ1v) is 6.15. The highest BCUT2D eigenvalue weighted by Crippen LogP contribution is 2.03. The molecule has 1 amide bonds. The summed E-state index contributed by atoms with van der Waals surface area (Å²) < 4.78 is 0. The fourth-order valence-corrected chi connectivity index (χ4v) is 1.70. The third-order valence-electron chi connectivity index (χ3n) is 2.55. The molecule has 0 saturated carbocycles. The minimum Gasteiger partial charge on any atom is -0.480 e. The van der Waals surface area contributed by atoms with Gasteiger partial charge in [0.05, 0.1) is 6.04 Å². The predicted octanol–water partition coefficient (Wildman–Crippen LogP) is -2.70. The molecule has 1 aromatic heterocycles. The lowest BCUT2D eigenvalue weighted by molar-refractivity contribution is -0.139. The first kappa shape index (κ1) is 16.9. The summed E-state index contributed by atoms with van der Waals surface area (Å²) in [4.78, 5) is 53.0. The number of nitrogens with zero attached hydrogens (tertiary/aromatic N) is 1. The zero-order valence-corrected chi connectivity index (χ0v) is 11.6. The average Bonchev–Trinajstić information content (AvgIpc) is 2.35. The quantitative estimate of drug-likeness (QED) is 0.242. The number of guanidine groups is 1. The van der Waals surface area contributed by atoms with E-state index in [-0.39, 0.29) is 18.1 Å². The number of nitrogens with one attached hydrogen (secondary N) is 3. The van der Waals surface area contributed by atoms with Crippen LogP contribution in [0.3, 0.4) is 0 Å². The number of aliphatic imine (C=N–C) groups is 1. The average molecular weight is 312 g/mol. The lowest BCUT2D eigenvalue weighted by Gasteiger charge is -2.16. The van der Waals surface area contributed by atoms with Crippen molar-refractivity contribution < 1.29 is 14.7 Å². The minimum absolute atomic E-state index is 0.0770. The van der Waals surface area contributed by atoms with Crippen LogP contribution in [0.1, 0.15) is 23.8 Å². The number of hydrogen-bond donors (Lipinski definition) is 6. The van der Waals surface area contributed by atoms with Crippen LogP contribution in [0.2, 0.25) is 0 Å². The molecular weight excluding hydrogens is 296 g/mol.